The molecule has 2 fully saturated rings. The van der Waals surface area contributed by atoms with E-state index in [0.717, 1.165) is 12.8 Å². The third-order valence-corrected chi connectivity index (χ3v) is 5.48. The Kier molecular flexibility index (Phi) is 4.78. The maximum Gasteiger partial charge on any atom is 0.252 e. The summed E-state index contributed by atoms with van der Waals surface area (Å²) < 4.78 is 0. The third kappa shape index (κ3) is 3.50. The second-order valence-corrected chi connectivity index (χ2v) is 7.07. The summed E-state index contributed by atoms with van der Waals surface area (Å²) in [6, 6.07) is 3.30. The van der Waals surface area contributed by atoms with Crippen molar-refractivity contribution in [1.82, 2.24) is 15.5 Å². The number of nitrogens with one attached hydrogen (secondary N) is 2. The van der Waals surface area contributed by atoms with Crippen LogP contribution in [0.3, 0.4) is 0 Å². The van der Waals surface area contributed by atoms with E-state index < -0.39 is 0 Å². The summed E-state index contributed by atoms with van der Waals surface area (Å²) in [5, 5.41) is 10.1. The van der Waals surface area contributed by atoms with E-state index in [1.807, 2.05) is 22.7 Å². The van der Waals surface area contributed by atoms with Crippen molar-refractivity contribution in [3.63, 3.8) is 0 Å². The minimum Gasteiger partial charge on any atom is -0.351 e. The Labute approximate surface area is 135 Å². The lowest BCUT2D eigenvalue weighted by atomic mass is 9.98. The lowest BCUT2D eigenvalue weighted by Gasteiger charge is -2.35. The van der Waals surface area contributed by atoms with Crippen LogP contribution in [0.1, 0.15) is 42.5 Å². The smallest absolute Gasteiger partial charge is 0.252 e. The SMILES string of the molecule is CN(C(=O)CCNC(=O)c1ccsc1)C1CC2CCC(C1)N2. The van der Waals surface area contributed by atoms with Gasteiger partial charge in [-0.15, -0.1) is 0 Å². The number of hydrogen-bond donors (Lipinski definition) is 2. The molecule has 0 radical (unpaired) electrons. The average molecular weight is 321 g/mol. The maximum atomic E-state index is 12.3. The van der Waals surface area contributed by atoms with E-state index in [0.29, 0.717) is 36.7 Å². The first kappa shape index (κ1) is 15.5. The van der Waals surface area contributed by atoms with Crippen LogP contribution in [0.15, 0.2) is 16.8 Å². The lowest BCUT2D eigenvalue weighted by Crippen LogP contribution is -2.49. The fraction of sp³-hybridized carbons (Fsp3) is 0.625. The molecular weight excluding hydrogens is 298 g/mol. The molecule has 2 atom stereocenters. The number of rotatable bonds is 5. The number of carbonyl (C=O) groups excluding carboxylic acids is 2. The highest BCUT2D eigenvalue weighted by molar-refractivity contribution is 7.08. The van der Waals surface area contributed by atoms with Crippen LogP contribution in [-0.2, 0) is 4.79 Å². The number of carbonyl (C=O) groups is 2. The number of nitrogens with zero attached hydrogens (tertiary/aromatic N) is 1. The van der Waals surface area contributed by atoms with Crippen molar-refractivity contribution < 1.29 is 9.59 Å². The zero-order valence-electron chi connectivity index (χ0n) is 12.9. The number of piperidine rings is 1. The van der Waals surface area contributed by atoms with Crippen molar-refractivity contribution in [3.8, 4) is 0 Å². The Morgan fingerprint density at radius 3 is 2.73 bits per heavy atom. The van der Waals surface area contributed by atoms with Crippen molar-refractivity contribution in [3.05, 3.63) is 22.4 Å². The van der Waals surface area contributed by atoms with Crippen LogP contribution in [0.2, 0.25) is 0 Å². The molecule has 2 N–H and O–H groups in total. The van der Waals surface area contributed by atoms with E-state index in [1.54, 1.807) is 6.07 Å². The molecule has 2 aliphatic rings. The van der Waals surface area contributed by atoms with Crippen molar-refractivity contribution in [2.45, 2.75) is 50.2 Å². The summed E-state index contributed by atoms with van der Waals surface area (Å²) >= 11 is 1.50. The van der Waals surface area contributed by atoms with Crippen LogP contribution in [0, 0.1) is 0 Å². The highest BCUT2D eigenvalue weighted by Gasteiger charge is 2.36. The number of thiophene rings is 1. The Morgan fingerprint density at radius 2 is 2.09 bits per heavy atom. The fourth-order valence-corrected chi connectivity index (χ4v) is 4.14. The molecule has 2 amide bonds. The Hall–Kier alpha value is -1.40. The zero-order chi connectivity index (χ0) is 15.5. The van der Waals surface area contributed by atoms with Crippen LogP contribution in [0.5, 0.6) is 0 Å². The average Bonchev–Trinajstić information content (AvgIpc) is 3.16. The second kappa shape index (κ2) is 6.79. The molecular formula is C16H23N3O2S. The summed E-state index contributed by atoms with van der Waals surface area (Å²) in [5.74, 6) is 0.0218. The van der Waals surface area contributed by atoms with Crippen molar-refractivity contribution in [1.29, 1.82) is 0 Å². The molecule has 1 aromatic heterocycles. The second-order valence-electron chi connectivity index (χ2n) is 6.29. The van der Waals surface area contributed by atoms with Gasteiger partial charge in [0.15, 0.2) is 0 Å². The number of hydrogen-bond acceptors (Lipinski definition) is 4. The highest BCUT2D eigenvalue weighted by Crippen LogP contribution is 2.29. The lowest BCUT2D eigenvalue weighted by molar-refractivity contribution is -0.132. The van der Waals surface area contributed by atoms with E-state index in [9.17, 15) is 9.59 Å². The van der Waals surface area contributed by atoms with E-state index in [-0.39, 0.29) is 11.8 Å². The van der Waals surface area contributed by atoms with Gasteiger partial charge in [0.2, 0.25) is 5.91 Å². The number of amides is 2. The van der Waals surface area contributed by atoms with Crippen molar-refractivity contribution in [2.75, 3.05) is 13.6 Å². The molecule has 1 aromatic rings. The monoisotopic (exact) mass is 321 g/mol. The van der Waals surface area contributed by atoms with E-state index >= 15 is 0 Å². The van der Waals surface area contributed by atoms with Gasteiger partial charge in [-0.1, -0.05) is 0 Å². The zero-order valence-corrected chi connectivity index (χ0v) is 13.7. The summed E-state index contributed by atoms with van der Waals surface area (Å²) in [7, 11) is 1.90. The van der Waals surface area contributed by atoms with Crippen LogP contribution < -0.4 is 10.6 Å². The molecule has 2 saturated heterocycles. The molecule has 0 spiro atoms. The molecule has 3 heterocycles. The van der Waals surface area contributed by atoms with Gasteiger partial charge in [-0.3, -0.25) is 9.59 Å². The van der Waals surface area contributed by atoms with Gasteiger partial charge < -0.3 is 15.5 Å². The molecule has 5 nitrogen and oxygen atoms in total. The van der Waals surface area contributed by atoms with Crippen LogP contribution in [0.4, 0.5) is 0 Å². The summed E-state index contributed by atoms with van der Waals surface area (Å²) in [6.07, 6.45) is 4.95. The normalized spacial score (nSPS) is 26.7. The Morgan fingerprint density at radius 1 is 1.36 bits per heavy atom. The third-order valence-electron chi connectivity index (χ3n) is 4.80. The van der Waals surface area contributed by atoms with Gasteiger partial charge in [0.05, 0.1) is 0 Å². The first-order chi connectivity index (χ1) is 10.6. The van der Waals surface area contributed by atoms with Gasteiger partial charge >= 0.3 is 0 Å². The van der Waals surface area contributed by atoms with Crippen LogP contribution in [0.25, 0.3) is 0 Å². The largest absolute Gasteiger partial charge is 0.351 e. The first-order valence-corrected chi connectivity index (χ1v) is 8.90. The molecule has 22 heavy (non-hydrogen) atoms. The standard InChI is InChI=1S/C16H23N3O2S/c1-19(14-8-12-2-3-13(9-14)18-12)15(20)4-6-17-16(21)11-5-7-22-10-11/h5,7,10,12-14,18H,2-4,6,8-9H2,1H3,(H,17,21). The van der Waals surface area contributed by atoms with E-state index in [2.05, 4.69) is 10.6 Å². The number of fused-ring (bicyclic) bond motifs is 2. The predicted octanol–water partition coefficient (Wildman–Crippen LogP) is 1.61. The molecule has 120 valence electrons. The molecule has 3 rings (SSSR count). The van der Waals surface area contributed by atoms with Crippen molar-refractivity contribution >= 4 is 23.2 Å². The van der Waals surface area contributed by atoms with Crippen LogP contribution in [-0.4, -0.2) is 48.4 Å². The van der Waals surface area contributed by atoms with Crippen molar-refractivity contribution in [2.24, 2.45) is 0 Å². The molecule has 2 unspecified atom stereocenters. The van der Waals surface area contributed by atoms with Gasteiger partial charge in [-0.25, -0.2) is 0 Å². The quantitative estimate of drug-likeness (QED) is 0.866. The van der Waals surface area contributed by atoms with Crippen LogP contribution >= 0.6 is 11.3 Å². The van der Waals surface area contributed by atoms with Gasteiger partial charge in [0.25, 0.3) is 5.91 Å². The minimum absolute atomic E-state index is 0.100. The van der Waals surface area contributed by atoms with E-state index in [4.69, 9.17) is 0 Å². The fourth-order valence-electron chi connectivity index (χ4n) is 3.50. The van der Waals surface area contributed by atoms with Gasteiger partial charge in [0.1, 0.15) is 0 Å². The Balaban J connectivity index is 1.42. The molecule has 0 aromatic carbocycles. The molecule has 2 bridgehead atoms. The highest BCUT2D eigenvalue weighted by atomic mass is 32.1. The predicted molar refractivity (Wildman–Crippen MR) is 87.0 cm³/mol. The van der Waals surface area contributed by atoms with Gasteiger partial charge in [-0.05, 0) is 37.1 Å². The minimum atomic E-state index is -0.100. The molecule has 0 aliphatic carbocycles. The molecule has 2 aliphatic heterocycles. The van der Waals surface area contributed by atoms with Gasteiger partial charge in [-0.2, -0.15) is 11.3 Å². The van der Waals surface area contributed by atoms with E-state index in [1.165, 1.54) is 24.2 Å². The van der Waals surface area contributed by atoms with Gasteiger partial charge in [0, 0.05) is 49.1 Å². The molecule has 0 saturated carbocycles. The summed E-state index contributed by atoms with van der Waals surface area (Å²) in [4.78, 5) is 26.0. The summed E-state index contributed by atoms with van der Waals surface area (Å²) in [5.41, 5.74) is 0.667. The summed E-state index contributed by atoms with van der Waals surface area (Å²) in [6.45, 7) is 0.398. The topological polar surface area (TPSA) is 61.4 Å². The maximum absolute atomic E-state index is 12.3. The Bertz CT molecular complexity index is 520. The molecule has 6 heteroatoms. The first-order valence-electron chi connectivity index (χ1n) is 7.95.